The normalized spacial score (nSPS) is 12.4. The van der Waals surface area contributed by atoms with Crippen LogP contribution in [0.1, 0.15) is 17.3 Å². The molecule has 1 unspecified atom stereocenters. The SMILES string of the molecule is CC(Sc1nncn1C)C(=O)c1ccc(F)cc1F. The molecule has 100 valence electrons. The van der Waals surface area contributed by atoms with Crippen molar-refractivity contribution in [1.29, 1.82) is 0 Å². The Balaban J connectivity index is 2.17. The molecule has 0 bridgehead atoms. The Morgan fingerprint density at radius 3 is 2.74 bits per heavy atom. The van der Waals surface area contributed by atoms with Gasteiger partial charge in [0.1, 0.15) is 18.0 Å². The van der Waals surface area contributed by atoms with Crippen molar-refractivity contribution in [2.45, 2.75) is 17.3 Å². The van der Waals surface area contributed by atoms with Crippen molar-refractivity contribution in [3.63, 3.8) is 0 Å². The first-order valence-corrected chi connectivity index (χ1v) is 6.37. The number of thioether (sulfide) groups is 1. The monoisotopic (exact) mass is 283 g/mol. The maximum absolute atomic E-state index is 13.5. The maximum atomic E-state index is 13.5. The third-order valence-electron chi connectivity index (χ3n) is 2.52. The average Bonchev–Trinajstić information content (AvgIpc) is 2.74. The van der Waals surface area contributed by atoms with Gasteiger partial charge in [0.2, 0.25) is 0 Å². The van der Waals surface area contributed by atoms with E-state index in [0.717, 1.165) is 12.1 Å². The zero-order chi connectivity index (χ0) is 14.0. The first-order valence-electron chi connectivity index (χ1n) is 5.49. The highest BCUT2D eigenvalue weighted by Gasteiger charge is 2.21. The fourth-order valence-electron chi connectivity index (χ4n) is 1.50. The number of hydrogen-bond acceptors (Lipinski definition) is 4. The number of aryl methyl sites for hydroxylation is 1. The molecule has 0 fully saturated rings. The zero-order valence-corrected chi connectivity index (χ0v) is 11.1. The van der Waals surface area contributed by atoms with Crippen molar-refractivity contribution in [2.24, 2.45) is 7.05 Å². The Labute approximate surface area is 112 Å². The van der Waals surface area contributed by atoms with E-state index in [0.29, 0.717) is 11.2 Å². The number of rotatable bonds is 4. The van der Waals surface area contributed by atoms with Gasteiger partial charge in [-0.1, -0.05) is 11.8 Å². The van der Waals surface area contributed by atoms with Crippen LogP contribution in [0, 0.1) is 11.6 Å². The lowest BCUT2D eigenvalue weighted by Crippen LogP contribution is -2.16. The summed E-state index contributed by atoms with van der Waals surface area (Å²) < 4.78 is 28.0. The molecule has 4 nitrogen and oxygen atoms in total. The van der Waals surface area contributed by atoms with Gasteiger partial charge in [-0.25, -0.2) is 8.78 Å². The smallest absolute Gasteiger partial charge is 0.191 e. The summed E-state index contributed by atoms with van der Waals surface area (Å²) in [6, 6.07) is 2.92. The van der Waals surface area contributed by atoms with Gasteiger partial charge in [-0.05, 0) is 19.1 Å². The second-order valence-electron chi connectivity index (χ2n) is 3.97. The molecule has 0 aliphatic rings. The number of halogens is 2. The molecule has 2 rings (SSSR count). The van der Waals surface area contributed by atoms with Gasteiger partial charge >= 0.3 is 0 Å². The molecule has 1 aromatic carbocycles. The van der Waals surface area contributed by atoms with Crippen LogP contribution in [0.25, 0.3) is 0 Å². The summed E-state index contributed by atoms with van der Waals surface area (Å²) in [6.45, 7) is 1.64. The standard InChI is InChI=1S/C12H11F2N3OS/c1-7(19-12-16-15-6-17(12)2)11(18)9-4-3-8(13)5-10(9)14/h3-7H,1-2H3. The summed E-state index contributed by atoms with van der Waals surface area (Å²) in [7, 11) is 1.75. The molecule has 19 heavy (non-hydrogen) atoms. The minimum atomic E-state index is -0.851. The van der Waals surface area contributed by atoms with E-state index < -0.39 is 22.7 Å². The molecule has 1 atom stereocenters. The van der Waals surface area contributed by atoms with Gasteiger partial charge < -0.3 is 4.57 Å². The number of ketones is 1. The molecule has 0 spiro atoms. The molecule has 0 saturated heterocycles. The van der Waals surface area contributed by atoms with E-state index in [1.165, 1.54) is 18.1 Å². The third-order valence-corrected chi connectivity index (χ3v) is 3.67. The maximum Gasteiger partial charge on any atom is 0.191 e. The fourth-order valence-corrected chi connectivity index (χ4v) is 2.36. The number of hydrogen-bond donors (Lipinski definition) is 0. The summed E-state index contributed by atoms with van der Waals surface area (Å²) in [5.74, 6) is -1.97. The van der Waals surface area contributed by atoms with E-state index in [2.05, 4.69) is 10.2 Å². The van der Waals surface area contributed by atoms with Crippen molar-refractivity contribution < 1.29 is 13.6 Å². The third kappa shape index (κ3) is 2.98. The molecule has 0 amide bonds. The van der Waals surface area contributed by atoms with E-state index in [1.54, 1.807) is 18.5 Å². The summed E-state index contributed by atoms with van der Waals surface area (Å²) in [5.41, 5.74) is -0.122. The van der Waals surface area contributed by atoms with Gasteiger partial charge in [0, 0.05) is 13.1 Å². The molecule has 7 heteroatoms. The van der Waals surface area contributed by atoms with Crippen molar-refractivity contribution >= 4 is 17.5 Å². The lowest BCUT2D eigenvalue weighted by Gasteiger charge is -2.10. The van der Waals surface area contributed by atoms with Gasteiger partial charge in [-0.3, -0.25) is 4.79 Å². The number of aromatic nitrogens is 3. The van der Waals surface area contributed by atoms with E-state index in [1.807, 2.05) is 0 Å². The summed E-state index contributed by atoms with van der Waals surface area (Å²) in [4.78, 5) is 12.1. The molecule has 0 N–H and O–H groups in total. The van der Waals surface area contributed by atoms with Crippen molar-refractivity contribution in [3.8, 4) is 0 Å². The molecule has 1 aromatic heterocycles. The first kappa shape index (κ1) is 13.7. The molecule has 0 aliphatic heterocycles. The predicted molar refractivity (Wildman–Crippen MR) is 67.0 cm³/mol. The Morgan fingerprint density at radius 1 is 1.42 bits per heavy atom. The summed E-state index contributed by atoms with van der Waals surface area (Å²) in [6.07, 6.45) is 1.51. The molecule has 2 aromatic rings. The predicted octanol–water partition coefficient (Wildman–Crippen LogP) is 2.46. The van der Waals surface area contributed by atoms with Gasteiger partial charge in [0.15, 0.2) is 10.9 Å². The quantitative estimate of drug-likeness (QED) is 0.639. The number of Topliss-reactive ketones (excluding diaryl/α,β-unsaturated/α-hetero) is 1. The molecule has 0 aliphatic carbocycles. The average molecular weight is 283 g/mol. The number of carbonyl (C=O) groups is 1. The highest BCUT2D eigenvalue weighted by Crippen LogP contribution is 2.24. The van der Waals surface area contributed by atoms with Crippen LogP contribution in [0.4, 0.5) is 8.78 Å². The van der Waals surface area contributed by atoms with Crippen LogP contribution >= 0.6 is 11.8 Å². The van der Waals surface area contributed by atoms with E-state index in [4.69, 9.17) is 0 Å². The van der Waals surface area contributed by atoms with Crippen molar-refractivity contribution in [3.05, 3.63) is 41.7 Å². The van der Waals surface area contributed by atoms with Gasteiger partial charge in [-0.2, -0.15) is 0 Å². The van der Waals surface area contributed by atoms with Gasteiger partial charge in [-0.15, -0.1) is 10.2 Å². The van der Waals surface area contributed by atoms with E-state index >= 15 is 0 Å². The van der Waals surface area contributed by atoms with Crippen molar-refractivity contribution in [2.75, 3.05) is 0 Å². The van der Waals surface area contributed by atoms with Crippen molar-refractivity contribution in [1.82, 2.24) is 14.8 Å². The van der Waals surface area contributed by atoms with Crippen LogP contribution in [-0.4, -0.2) is 25.8 Å². The summed E-state index contributed by atoms with van der Waals surface area (Å²) >= 11 is 1.17. The highest BCUT2D eigenvalue weighted by molar-refractivity contribution is 8.00. The number of benzene rings is 1. The van der Waals surface area contributed by atoms with E-state index in [9.17, 15) is 13.6 Å². The van der Waals surface area contributed by atoms with Crippen LogP contribution in [-0.2, 0) is 7.05 Å². The molecular weight excluding hydrogens is 272 g/mol. The molecule has 0 saturated carbocycles. The Bertz CT molecular complexity index is 615. The zero-order valence-electron chi connectivity index (χ0n) is 10.3. The Kier molecular flexibility index (Phi) is 3.94. The molecule has 1 heterocycles. The molecular formula is C12H11F2N3OS. The second-order valence-corrected chi connectivity index (χ2v) is 5.28. The van der Waals surface area contributed by atoms with Gasteiger partial charge in [0.05, 0.1) is 10.8 Å². The van der Waals surface area contributed by atoms with Crippen LogP contribution in [0.2, 0.25) is 0 Å². The highest BCUT2D eigenvalue weighted by atomic mass is 32.2. The first-order chi connectivity index (χ1) is 8.99. The van der Waals surface area contributed by atoms with E-state index in [-0.39, 0.29) is 5.56 Å². The molecule has 0 radical (unpaired) electrons. The largest absolute Gasteiger partial charge is 0.312 e. The Hall–Kier alpha value is -1.76. The second kappa shape index (κ2) is 5.48. The topological polar surface area (TPSA) is 47.8 Å². The van der Waals surface area contributed by atoms with Crippen LogP contribution in [0.3, 0.4) is 0 Å². The summed E-state index contributed by atoms with van der Waals surface area (Å²) in [5, 5.41) is 7.55. The lowest BCUT2D eigenvalue weighted by molar-refractivity contribution is 0.0990. The fraction of sp³-hybridized carbons (Fsp3) is 0.250. The minimum Gasteiger partial charge on any atom is -0.312 e. The number of carbonyl (C=O) groups excluding carboxylic acids is 1. The minimum absolute atomic E-state index is 0.122. The van der Waals surface area contributed by atoms with Crippen LogP contribution in [0.15, 0.2) is 29.7 Å². The van der Waals surface area contributed by atoms with Crippen LogP contribution < -0.4 is 0 Å². The lowest BCUT2D eigenvalue weighted by atomic mass is 10.1. The Morgan fingerprint density at radius 2 is 2.16 bits per heavy atom. The van der Waals surface area contributed by atoms with Gasteiger partial charge in [0.25, 0.3) is 0 Å². The number of nitrogens with zero attached hydrogens (tertiary/aromatic N) is 3. The van der Waals surface area contributed by atoms with Crippen LogP contribution in [0.5, 0.6) is 0 Å².